The van der Waals surface area contributed by atoms with Crippen LogP contribution in [0.25, 0.3) is 16.8 Å². The van der Waals surface area contributed by atoms with Gasteiger partial charge in [0.2, 0.25) is 0 Å². The van der Waals surface area contributed by atoms with Crippen molar-refractivity contribution in [2.75, 3.05) is 0 Å². The molecule has 0 bridgehead atoms. The summed E-state index contributed by atoms with van der Waals surface area (Å²) in [5.41, 5.74) is 9.80. The minimum Gasteiger partial charge on any atom is -0.545 e. The average Bonchev–Trinajstić information content (AvgIpc) is 3.27. The molecule has 0 fully saturated rings. The summed E-state index contributed by atoms with van der Waals surface area (Å²) in [6.45, 7) is 21.2. The Morgan fingerprint density at radius 3 is 1.30 bits per heavy atom. The zero-order chi connectivity index (χ0) is 38.4. The number of carbonyl (C=O) groups excluding carboxylic acids is 1. The summed E-state index contributed by atoms with van der Waals surface area (Å²) in [5.74, 6) is 0. The van der Waals surface area contributed by atoms with Crippen molar-refractivity contribution in [2.45, 2.75) is 0 Å². The third kappa shape index (κ3) is 15.5. The zero-order valence-corrected chi connectivity index (χ0v) is 32.0. The van der Waals surface area contributed by atoms with Crippen molar-refractivity contribution >= 4 is 29.3 Å². The number of allylic oxidation sites excluding steroid dienone is 2. The minimum atomic E-state index is 0. The van der Waals surface area contributed by atoms with Crippen LogP contribution in [0.5, 0.6) is 0 Å². The van der Waals surface area contributed by atoms with Crippen molar-refractivity contribution in [3.8, 4) is 0 Å². The van der Waals surface area contributed by atoms with E-state index in [9.17, 15) is 0 Å². The topological polar surface area (TPSA) is 109 Å². The molecule has 0 N–H and O–H groups in total. The number of hydrogen-bond donors (Lipinski definition) is 0. The molecule has 0 amide bonds. The summed E-state index contributed by atoms with van der Waals surface area (Å²) in [6, 6.07) is 63.5. The molecule has 0 aromatic heterocycles. The Morgan fingerprint density at radius 2 is 0.870 bits per heavy atom. The number of nitrogens with zero attached hydrogens (tertiary/aromatic N) is 1. The quantitative estimate of drug-likeness (QED) is 0.0284. The maximum Gasteiger partial charge on any atom is 3.00 e. The van der Waals surface area contributed by atoms with Gasteiger partial charge in [-0.2, -0.15) is 0 Å². The largest absolute Gasteiger partial charge is 3.00 e. The Hall–Kier alpha value is -5.65. The van der Waals surface area contributed by atoms with Gasteiger partial charge in [0.05, 0.1) is 0 Å². The maximum atomic E-state index is 7.75. The molecular formula is C46H30NO5Ru2. The van der Waals surface area contributed by atoms with Gasteiger partial charge in [-0.25, -0.2) is 0 Å². The third-order valence-corrected chi connectivity index (χ3v) is 6.94. The summed E-state index contributed by atoms with van der Waals surface area (Å²) in [7, 11) is 0. The third-order valence-electron chi connectivity index (χ3n) is 6.94. The average molecular weight is 879 g/mol. The first kappa shape index (κ1) is 50.5. The van der Waals surface area contributed by atoms with Gasteiger partial charge in [0.1, 0.15) is 0 Å². The molecular weight excluding hydrogens is 849 g/mol. The molecule has 6 rings (SSSR count). The normalized spacial score (nSPS) is 9.93. The van der Waals surface area contributed by atoms with Crippen LogP contribution in [0.2, 0.25) is 0 Å². The van der Waals surface area contributed by atoms with E-state index in [1.54, 1.807) is 0 Å². The molecule has 0 saturated carbocycles. The molecule has 0 atom stereocenters. The van der Waals surface area contributed by atoms with E-state index in [4.69, 9.17) is 28.4 Å². The van der Waals surface area contributed by atoms with E-state index in [0.717, 1.165) is 55.9 Å². The first-order valence-electron chi connectivity index (χ1n) is 15.1. The van der Waals surface area contributed by atoms with Gasteiger partial charge in [-0.15, -0.1) is 65.2 Å². The van der Waals surface area contributed by atoms with Crippen molar-refractivity contribution in [3.05, 3.63) is 248 Å². The molecule has 0 heterocycles. The van der Waals surface area contributed by atoms with E-state index in [1.165, 1.54) is 0 Å². The van der Waals surface area contributed by atoms with Gasteiger partial charge in [-0.1, -0.05) is 145 Å². The summed E-state index contributed by atoms with van der Waals surface area (Å²) in [6.07, 6.45) is 3.78. The van der Waals surface area contributed by atoms with Crippen molar-refractivity contribution < 1.29 is 62.4 Å². The van der Waals surface area contributed by atoms with Gasteiger partial charge in [0.15, 0.2) is 0 Å². The van der Waals surface area contributed by atoms with E-state index in [2.05, 4.69) is 161 Å². The maximum absolute atomic E-state index is 7.75. The monoisotopic (exact) mass is 880 g/mol. The predicted molar refractivity (Wildman–Crippen MR) is 198 cm³/mol. The van der Waals surface area contributed by atoms with Crippen LogP contribution in [0, 0.1) is 38.7 Å². The molecule has 54 heavy (non-hydrogen) atoms. The molecule has 6 aromatic carbocycles. The minimum absolute atomic E-state index is 0. The number of hydrogen-bond acceptors (Lipinski definition) is 2. The fourth-order valence-corrected chi connectivity index (χ4v) is 4.94. The van der Waals surface area contributed by atoms with Crippen LogP contribution in [0.3, 0.4) is 0 Å². The van der Waals surface area contributed by atoms with Crippen molar-refractivity contribution in [2.24, 2.45) is 4.99 Å². The number of rotatable bonds is 8. The predicted octanol–water partition coefficient (Wildman–Crippen LogP) is 9.40. The SMILES string of the molecule is [C-]#[O+].[C-]#[O+].[C-]#[O+].[C-]#[O+].[C-](=C(/C(=C(\N=C(c1[c-]cccc1)c1ccccc1)c1ccccc1)c1ccccc1)c1ccccc1)c1ccccc1.[CH-]=O.[Ru+3].[Ru]. The van der Waals surface area contributed by atoms with Crippen LogP contribution in [0.15, 0.2) is 181 Å². The van der Waals surface area contributed by atoms with Gasteiger partial charge in [-0.05, 0) is 28.0 Å². The van der Waals surface area contributed by atoms with E-state index in [1.807, 2.05) is 60.7 Å². The molecule has 6 nitrogen and oxygen atoms in total. The standard InChI is InChI=1S/C41H29N.CHO.4CO.2Ru/c1-7-19-32(20-8-1)31-38(33-21-9-2-10-22-33)39(34-23-11-3-12-24-34)41(37-29-17-6-18-30-37)42-40(35-25-13-4-14-26-35)36-27-15-5-16-28-36;5*1-2;;/h1-27,29-30H;1H;;;;;;/q-2;-1;;;;;;+3/b41-39-,42-40?;;;;;;;. The fourth-order valence-electron chi connectivity index (χ4n) is 4.94. The Bertz CT molecular complexity index is 1980. The Morgan fingerprint density at radius 1 is 0.500 bits per heavy atom. The second kappa shape index (κ2) is 32.0. The fraction of sp³-hybridized carbons (Fsp3) is 0. The molecule has 1 radical (unpaired) electrons. The van der Waals surface area contributed by atoms with Gasteiger partial charge in [-0.3, -0.25) is 6.79 Å². The second-order valence-electron chi connectivity index (χ2n) is 9.79. The smallest absolute Gasteiger partial charge is 0.545 e. The van der Waals surface area contributed by atoms with Gasteiger partial charge in [0, 0.05) is 25.2 Å². The van der Waals surface area contributed by atoms with Gasteiger partial charge in [0.25, 0.3) is 0 Å². The van der Waals surface area contributed by atoms with Crippen LogP contribution in [0.4, 0.5) is 0 Å². The summed E-state index contributed by atoms with van der Waals surface area (Å²) in [4.78, 5) is 13.3. The van der Waals surface area contributed by atoms with Gasteiger partial charge < -0.3 is 9.79 Å². The molecule has 0 unspecified atom stereocenters. The first-order chi connectivity index (χ1) is 25.9. The molecule has 0 aliphatic rings. The van der Waals surface area contributed by atoms with E-state index >= 15 is 0 Å². The second-order valence-corrected chi connectivity index (χ2v) is 9.79. The number of benzene rings is 6. The molecule has 8 heteroatoms. The van der Waals surface area contributed by atoms with Crippen molar-refractivity contribution in [3.63, 3.8) is 0 Å². The number of aliphatic imine (C=N–C) groups is 1. The molecule has 265 valence electrons. The Balaban J connectivity index is 0. The van der Waals surface area contributed by atoms with Crippen LogP contribution in [-0.2, 0) is 62.4 Å². The molecule has 0 saturated heterocycles. The van der Waals surface area contributed by atoms with Crippen LogP contribution in [-0.4, -0.2) is 12.5 Å². The zero-order valence-electron chi connectivity index (χ0n) is 28.5. The summed E-state index contributed by atoms with van der Waals surface area (Å²) in [5, 5.41) is 0. The Kier molecular flexibility index (Phi) is 29.9. The van der Waals surface area contributed by atoms with Crippen molar-refractivity contribution in [1.29, 1.82) is 0 Å². The van der Waals surface area contributed by atoms with E-state index < -0.39 is 0 Å². The van der Waals surface area contributed by atoms with Crippen LogP contribution < -0.4 is 0 Å². The Labute approximate surface area is 342 Å². The van der Waals surface area contributed by atoms with E-state index in [0.29, 0.717) is 0 Å². The van der Waals surface area contributed by atoms with Crippen molar-refractivity contribution in [1.82, 2.24) is 0 Å². The molecule has 0 aliphatic heterocycles. The molecule has 6 aromatic rings. The van der Waals surface area contributed by atoms with Crippen LogP contribution >= 0.6 is 0 Å². The molecule has 0 aliphatic carbocycles. The summed E-state index contributed by atoms with van der Waals surface area (Å²) < 4.78 is 30.0. The summed E-state index contributed by atoms with van der Waals surface area (Å²) >= 11 is 0. The molecule has 0 spiro atoms. The van der Waals surface area contributed by atoms with Crippen LogP contribution in [0.1, 0.15) is 33.4 Å². The van der Waals surface area contributed by atoms with E-state index in [-0.39, 0.29) is 39.0 Å². The first-order valence-corrected chi connectivity index (χ1v) is 15.1. The van der Waals surface area contributed by atoms with Gasteiger partial charge >= 0.3 is 64.7 Å².